The van der Waals surface area contributed by atoms with Crippen LogP contribution >= 0.6 is 11.6 Å². The number of hydrogen-bond donors (Lipinski definition) is 1. The van der Waals surface area contributed by atoms with E-state index in [9.17, 15) is 26.4 Å². The molecular formula is C17H23ClN2O7S2. The number of sulfone groups is 1. The van der Waals surface area contributed by atoms with Crippen molar-refractivity contribution in [2.24, 2.45) is 0 Å². The molecule has 1 fully saturated rings. The van der Waals surface area contributed by atoms with E-state index in [2.05, 4.69) is 4.72 Å². The van der Waals surface area contributed by atoms with E-state index in [0.717, 1.165) is 6.07 Å². The lowest BCUT2D eigenvalue weighted by molar-refractivity contribution is -0.141. The average molecular weight is 467 g/mol. The zero-order chi connectivity index (χ0) is 22.0. The summed E-state index contributed by atoms with van der Waals surface area (Å²) < 4.78 is 54.7. The van der Waals surface area contributed by atoms with Gasteiger partial charge in [0.05, 0.1) is 22.1 Å². The highest BCUT2D eigenvalue weighted by atomic mass is 35.5. The monoisotopic (exact) mass is 466 g/mol. The van der Waals surface area contributed by atoms with Crippen molar-refractivity contribution in [1.82, 2.24) is 9.62 Å². The van der Waals surface area contributed by atoms with Gasteiger partial charge >= 0.3 is 5.97 Å². The summed E-state index contributed by atoms with van der Waals surface area (Å²) in [5.74, 6) is -1.51. The van der Waals surface area contributed by atoms with Crippen LogP contribution in [0.15, 0.2) is 23.1 Å². The number of amides is 1. The van der Waals surface area contributed by atoms with E-state index in [-0.39, 0.29) is 33.5 Å². The van der Waals surface area contributed by atoms with Crippen molar-refractivity contribution in [3.05, 3.63) is 28.8 Å². The molecule has 0 aromatic heterocycles. The van der Waals surface area contributed by atoms with E-state index < -0.39 is 43.9 Å². The Bertz CT molecular complexity index is 1010. The Morgan fingerprint density at radius 1 is 1.38 bits per heavy atom. The molecule has 1 aliphatic rings. The maximum atomic E-state index is 12.7. The number of rotatable bonds is 7. The number of esters is 1. The van der Waals surface area contributed by atoms with Crippen molar-refractivity contribution < 1.29 is 31.2 Å². The van der Waals surface area contributed by atoms with Gasteiger partial charge in [0.2, 0.25) is 10.0 Å². The Morgan fingerprint density at radius 3 is 2.55 bits per heavy atom. The number of sulfonamides is 1. The fourth-order valence-electron chi connectivity index (χ4n) is 3.07. The van der Waals surface area contributed by atoms with Crippen LogP contribution in [0.4, 0.5) is 0 Å². The molecule has 1 saturated heterocycles. The molecule has 1 aliphatic heterocycles. The van der Waals surface area contributed by atoms with Gasteiger partial charge in [-0.1, -0.05) is 11.6 Å². The second-order valence-corrected chi connectivity index (χ2v) is 11.1. The van der Waals surface area contributed by atoms with Crippen molar-refractivity contribution in [3.63, 3.8) is 0 Å². The lowest BCUT2D eigenvalue weighted by atomic mass is 10.2. The smallest absolute Gasteiger partial charge is 0.338 e. The lowest BCUT2D eigenvalue weighted by Gasteiger charge is -2.29. The molecule has 2 atom stereocenters. The third-order valence-electron chi connectivity index (χ3n) is 4.63. The van der Waals surface area contributed by atoms with Crippen molar-refractivity contribution in [1.29, 1.82) is 0 Å². The number of ether oxygens (including phenoxy) is 1. The maximum Gasteiger partial charge on any atom is 0.338 e. The first-order valence-corrected chi connectivity index (χ1v) is 12.5. The first kappa shape index (κ1) is 23.6. The molecule has 1 amide bonds. The van der Waals surface area contributed by atoms with E-state index in [1.807, 2.05) is 0 Å². The predicted molar refractivity (Wildman–Crippen MR) is 107 cm³/mol. The van der Waals surface area contributed by atoms with Gasteiger partial charge in [-0.05, 0) is 45.5 Å². The van der Waals surface area contributed by atoms with Gasteiger partial charge in [-0.3, -0.25) is 4.79 Å². The number of likely N-dealkylation sites (N-methyl/N-ethyl adjacent to an activating group) is 1. The molecule has 1 heterocycles. The van der Waals surface area contributed by atoms with Crippen LogP contribution in [0, 0.1) is 0 Å². The summed E-state index contributed by atoms with van der Waals surface area (Å²) in [6.07, 6.45) is -0.837. The lowest BCUT2D eigenvalue weighted by Crippen LogP contribution is -2.46. The van der Waals surface area contributed by atoms with Gasteiger partial charge < -0.3 is 9.64 Å². The number of benzene rings is 1. The van der Waals surface area contributed by atoms with Crippen LogP contribution in [0.3, 0.4) is 0 Å². The Morgan fingerprint density at radius 2 is 2.03 bits per heavy atom. The zero-order valence-electron chi connectivity index (χ0n) is 16.2. The summed E-state index contributed by atoms with van der Waals surface area (Å²) in [5.41, 5.74) is -0.0885. The molecule has 1 aromatic rings. The molecule has 0 bridgehead atoms. The summed E-state index contributed by atoms with van der Waals surface area (Å²) >= 11 is 5.90. The fraction of sp³-hybridized carbons (Fsp3) is 0.529. The maximum absolute atomic E-state index is 12.7. The molecule has 12 heteroatoms. The summed E-state index contributed by atoms with van der Waals surface area (Å²) in [6, 6.07) is 3.14. The van der Waals surface area contributed by atoms with Gasteiger partial charge in [-0.2, -0.15) is 0 Å². The van der Waals surface area contributed by atoms with Crippen LogP contribution in [0.2, 0.25) is 5.02 Å². The van der Waals surface area contributed by atoms with Gasteiger partial charge in [-0.15, -0.1) is 0 Å². The molecule has 162 valence electrons. The first-order valence-electron chi connectivity index (χ1n) is 8.87. The van der Waals surface area contributed by atoms with E-state index in [1.54, 1.807) is 6.92 Å². The number of halogens is 1. The average Bonchev–Trinajstić information content (AvgIpc) is 3.01. The number of carbonyl (C=O) groups is 2. The minimum atomic E-state index is -3.89. The van der Waals surface area contributed by atoms with Crippen molar-refractivity contribution in [3.8, 4) is 0 Å². The third-order valence-corrected chi connectivity index (χ3v) is 8.28. The highest BCUT2D eigenvalue weighted by Crippen LogP contribution is 2.23. The SMILES string of the molecule is CCN(C(=O)[C@H](C)OC(=O)c1ccc(Cl)c(S(=O)(=O)NC)c1)[C@@H]1CCS(=O)(=O)C1. The van der Waals surface area contributed by atoms with Gasteiger partial charge in [0.25, 0.3) is 5.91 Å². The standard InChI is InChI=1S/C17H23ClN2O7S2/c1-4-20(13-7-8-28(23,24)10-13)16(21)11(2)27-17(22)12-5-6-14(18)15(9-12)29(25,26)19-3/h5-6,9,11,13,19H,4,7-8,10H2,1-3H3/t11-,13+/m0/s1. The minimum Gasteiger partial charge on any atom is -0.449 e. The summed E-state index contributed by atoms with van der Waals surface area (Å²) in [6.45, 7) is 3.37. The molecule has 1 aromatic carbocycles. The fourth-order valence-corrected chi connectivity index (χ4v) is 6.05. The molecule has 1 N–H and O–H groups in total. The number of nitrogens with one attached hydrogen (secondary N) is 1. The van der Waals surface area contributed by atoms with E-state index in [0.29, 0.717) is 6.42 Å². The largest absolute Gasteiger partial charge is 0.449 e. The van der Waals surface area contributed by atoms with E-state index >= 15 is 0 Å². The molecular weight excluding hydrogens is 444 g/mol. The molecule has 9 nitrogen and oxygen atoms in total. The molecule has 0 saturated carbocycles. The zero-order valence-corrected chi connectivity index (χ0v) is 18.6. The predicted octanol–water partition coefficient (Wildman–Crippen LogP) is 0.829. The summed E-state index contributed by atoms with van der Waals surface area (Å²) in [4.78, 5) is 26.2. The van der Waals surface area contributed by atoms with Crippen LogP contribution in [0.25, 0.3) is 0 Å². The van der Waals surface area contributed by atoms with Gasteiger partial charge in [0, 0.05) is 12.6 Å². The van der Waals surface area contributed by atoms with Gasteiger partial charge in [0.15, 0.2) is 15.9 Å². The van der Waals surface area contributed by atoms with Gasteiger partial charge in [-0.25, -0.2) is 26.4 Å². The van der Waals surface area contributed by atoms with Crippen LogP contribution < -0.4 is 4.72 Å². The Labute approximate surface area is 175 Å². The number of hydrogen-bond acceptors (Lipinski definition) is 7. The molecule has 2 rings (SSSR count). The van der Waals surface area contributed by atoms with Crippen LogP contribution in [0.5, 0.6) is 0 Å². The van der Waals surface area contributed by atoms with Crippen LogP contribution in [0.1, 0.15) is 30.6 Å². The second kappa shape index (κ2) is 8.99. The Hall–Kier alpha value is -1.69. The highest BCUT2D eigenvalue weighted by Gasteiger charge is 2.36. The highest BCUT2D eigenvalue weighted by molar-refractivity contribution is 7.91. The Balaban J connectivity index is 2.16. The third kappa shape index (κ3) is 5.47. The first-order chi connectivity index (χ1) is 13.4. The topological polar surface area (TPSA) is 127 Å². The molecule has 0 unspecified atom stereocenters. The van der Waals surface area contributed by atoms with Crippen molar-refractivity contribution in [2.75, 3.05) is 25.1 Å². The summed E-state index contributed by atoms with van der Waals surface area (Å²) in [7, 11) is -5.86. The molecule has 0 spiro atoms. The number of nitrogens with zero attached hydrogens (tertiary/aromatic N) is 1. The molecule has 0 aliphatic carbocycles. The minimum absolute atomic E-state index is 0.0170. The van der Waals surface area contributed by atoms with Crippen LogP contribution in [-0.2, 0) is 29.4 Å². The number of carbonyl (C=O) groups excluding carboxylic acids is 2. The van der Waals surface area contributed by atoms with E-state index in [1.165, 1.54) is 31.0 Å². The van der Waals surface area contributed by atoms with Gasteiger partial charge in [0.1, 0.15) is 4.90 Å². The molecule has 0 radical (unpaired) electrons. The quantitative estimate of drug-likeness (QED) is 0.589. The second-order valence-electron chi connectivity index (χ2n) is 6.58. The summed E-state index contributed by atoms with van der Waals surface area (Å²) in [5, 5.41) is -0.0698. The van der Waals surface area contributed by atoms with E-state index in [4.69, 9.17) is 16.3 Å². The van der Waals surface area contributed by atoms with Crippen molar-refractivity contribution >= 4 is 43.3 Å². The Kier molecular flexibility index (Phi) is 7.31. The normalized spacial score (nSPS) is 19.5. The van der Waals surface area contributed by atoms with Crippen LogP contribution in [-0.4, -0.2) is 70.9 Å². The molecule has 29 heavy (non-hydrogen) atoms. The van der Waals surface area contributed by atoms with Crippen molar-refractivity contribution in [2.45, 2.75) is 37.3 Å².